The molecule has 26 heavy (non-hydrogen) atoms. The van der Waals surface area contributed by atoms with Gasteiger partial charge in [0.25, 0.3) is 5.91 Å². The first-order valence-electron chi connectivity index (χ1n) is 8.65. The van der Waals surface area contributed by atoms with E-state index in [1.54, 1.807) is 0 Å². The van der Waals surface area contributed by atoms with Crippen LogP contribution in [0.15, 0.2) is 48.5 Å². The number of hydrogen-bond donors (Lipinski definition) is 1. The lowest BCUT2D eigenvalue weighted by Crippen LogP contribution is -3.12. The third kappa shape index (κ3) is 3.75. The number of anilines is 1. The van der Waals surface area contributed by atoms with Gasteiger partial charge in [-0.1, -0.05) is 30.3 Å². The van der Waals surface area contributed by atoms with E-state index in [1.165, 1.54) is 17.7 Å². The van der Waals surface area contributed by atoms with Crippen LogP contribution in [0.3, 0.4) is 0 Å². The first kappa shape index (κ1) is 18.5. The number of likely N-dealkylation sites (N-methyl/N-ethyl adjacent to an activating group) is 1. The number of carbonyl (C=O) groups excluding carboxylic acids is 1. The number of carbonyl (C=O) groups is 1. The fourth-order valence-corrected chi connectivity index (χ4v) is 3.30. The molecule has 1 amide bonds. The predicted molar refractivity (Wildman–Crippen MR) is 94.0 cm³/mol. The van der Waals surface area contributed by atoms with Crippen molar-refractivity contribution in [2.75, 3.05) is 18.5 Å². The highest BCUT2D eigenvalue weighted by molar-refractivity contribution is 5.97. The van der Waals surface area contributed by atoms with Crippen LogP contribution in [0.25, 0.3) is 0 Å². The molecule has 1 aliphatic rings. The lowest BCUT2D eigenvalue weighted by atomic mass is 10.1. The number of nitrogens with one attached hydrogen (secondary N) is 1. The van der Waals surface area contributed by atoms with E-state index in [2.05, 4.69) is 0 Å². The summed E-state index contributed by atoms with van der Waals surface area (Å²) in [6, 6.07) is 12.7. The van der Waals surface area contributed by atoms with Gasteiger partial charge in [-0.3, -0.25) is 4.79 Å². The van der Waals surface area contributed by atoms with Crippen LogP contribution < -0.4 is 9.80 Å². The third-order valence-electron chi connectivity index (χ3n) is 5.03. The minimum Gasteiger partial charge on any atom is -0.324 e. The van der Waals surface area contributed by atoms with Crippen molar-refractivity contribution in [1.82, 2.24) is 0 Å². The van der Waals surface area contributed by atoms with Gasteiger partial charge in [0.05, 0.1) is 12.6 Å². The van der Waals surface area contributed by atoms with Crippen LogP contribution in [0.1, 0.15) is 23.6 Å². The van der Waals surface area contributed by atoms with E-state index in [9.17, 15) is 18.0 Å². The summed E-state index contributed by atoms with van der Waals surface area (Å²) in [4.78, 5) is 15.6. The zero-order chi connectivity index (χ0) is 18.9. The number of hydrogen-bond acceptors (Lipinski definition) is 1. The van der Waals surface area contributed by atoms with Gasteiger partial charge in [0.2, 0.25) is 0 Å². The summed E-state index contributed by atoms with van der Waals surface area (Å²) in [6.45, 7) is 3.03. The summed E-state index contributed by atoms with van der Waals surface area (Å²) < 4.78 is 38.0. The topological polar surface area (TPSA) is 24.8 Å². The molecule has 2 aromatic carbocycles. The highest BCUT2D eigenvalue weighted by Crippen LogP contribution is 2.29. The van der Waals surface area contributed by atoms with Crippen molar-refractivity contribution in [3.63, 3.8) is 0 Å². The Balaban J connectivity index is 1.66. The Morgan fingerprint density at radius 3 is 2.46 bits per heavy atom. The largest absolute Gasteiger partial charge is 0.416 e. The van der Waals surface area contributed by atoms with Crippen LogP contribution in [0, 0.1) is 0 Å². The SMILES string of the molecule is C[C@H](C(=O)N1CCc2ccccc21)[NH+](C)Cc1ccc(C(F)(F)F)cc1. The molecule has 1 N–H and O–H groups in total. The second kappa shape index (κ2) is 7.11. The summed E-state index contributed by atoms with van der Waals surface area (Å²) >= 11 is 0. The Kier molecular flexibility index (Phi) is 5.05. The lowest BCUT2D eigenvalue weighted by molar-refractivity contribution is -0.908. The number of halogens is 3. The standard InChI is InChI=1S/C20H21F3N2O/c1-14(19(26)25-12-11-16-5-3-4-6-18(16)25)24(2)13-15-7-9-17(10-8-15)20(21,22)23/h3-10,14H,11-13H2,1-2H3/p+1/t14-/m1/s1. The van der Waals surface area contributed by atoms with Gasteiger partial charge in [-0.05, 0) is 37.1 Å². The summed E-state index contributed by atoms with van der Waals surface area (Å²) in [5.74, 6) is 0.0411. The molecule has 0 bridgehead atoms. The van der Waals surface area contributed by atoms with E-state index in [4.69, 9.17) is 0 Å². The molecule has 0 aromatic heterocycles. The fourth-order valence-electron chi connectivity index (χ4n) is 3.30. The van der Waals surface area contributed by atoms with Crippen molar-refractivity contribution in [2.45, 2.75) is 32.1 Å². The van der Waals surface area contributed by atoms with Gasteiger partial charge in [0.1, 0.15) is 6.54 Å². The monoisotopic (exact) mass is 363 g/mol. The number of rotatable bonds is 4. The van der Waals surface area contributed by atoms with E-state index in [0.29, 0.717) is 13.1 Å². The van der Waals surface area contributed by atoms with Crippen molar-refractivity contribution in [3.05, 3.63) is 65.2 Å². The smallest absolute Gasteiger partial charge is 0.324 e. The minimum atomic E-state index is -4.33. The Hall–Kier alpha value is -2.34. The Morgan fingerprint density at radius 1 is 1.15 bits per heavy atom. The first-order chi connectivity index (χ1) is 12.3. The van der Waals surface area contributed by atoms with E-state index in [0.717, 1.165) is 34.7 Å². The first-order valence-corrected chi connectivity index (χ1v) is 8.65. The number of amides is 1. The number of nitrogens with zero attached hydrogens (tertiary/aromatic N) is 1. The van der Waals surface area contributed by atoms with Crippen molar-refractivity contribution in [1.29, 1.82) is 0 Å². The van der Waals surface area contributed by atoms with Crippen molar-refractivity contribution >= 4 is 11.6 Å². The zero-order valence-electron chi connectivity index (χ0n) is 14.8. The number of para-hydroxylation sites is 1. The maximum atomic E-state index is 12.9. The second-order valence-corrected chi connectivity index (χ2v) is 6.81. The molecular formula is C20H22F3N2O+. The van der Waals surface area contributed by atoms with Crippen LogP contribution in [-0.2, 0) is 23.9 Å². The maximum Gasteiger partial charge on any atom is 0.416 e. The molecule has 0 fully saturated rings. The Labute approximate surface area is 151 Å². The van der Waals surface area contributed by atoms with Crippen molar-refractivity contribution in [2.24, 2.45) is 0 Å². The van der Waals surface area contributed by atoms with Crippen LogP contribution in [-0.4, -0.2) is 25.5 Å². The molecule has 0 spiro atoms. The van der Waals surface area contributed by atoms with E-state index in [1.807, 2.05) is 43.1 Å². The summed E-state index contributed by atoms with van der Waals surface area (Å²) in [7, 11) is 1.89. The van der Waals surface area contributed by atoms with Gasteiger partial charge in [-0.25, -0.2) is 0 Å². The Bertz CT molecular complexity index is 786. The molecule has 2 atom stereocenters. The van der Waals surface area contributed by atoms with Crippen LogP contribution in [0.5, 0.6) is 0 Å². The van der Waals surface area contributed by atoms with Gasteiger partial charge in [-0.2, -0.15) is 13.2 Å². The van der Waals surface area contributed by atoms with Crippen molar-refractivity contribution < 1.29 is 22.9 Å². The fraction of sp³-hybridized carbons (Fsp3) is 0.350. The van der Waals surface area contributed by atoms with Crippen LogP contribution >= 0.6 is 0 Å². The molecule has 0 saturated heterocycles. The summed E-state index contributed by atoms with van der Waals surface area (Å²) in [5, 5.41) is 0. The average molecular weight is 363 g/mol. The van der Waals surface area contributed by atoms with E-state index < -0.39 is 11.7 Å². The molecule has 3 rings (SSSR count). The number of quaternary nitrogens is 1. The quantitative estimate of drug-likeness (QED) is 0.888. The van der Waals surface area contributed by atoms with Crippen LogP contribution in [0.4, 0.5) is 18.9 Å². The number of benzene rings is 2. The van der Waals surface area contributed by atoms with E-state index >= 15 is 0 Å². The summed E-state index contributed by atoms with van der Waals surface area (Å²) in [6.07, 6.45) is -3.48. The molecule has 0 aliphatic carbocycles. The minimum absolute atomic E-state index is 0.0411. The normalized spacial score (nSPS) is 16.3. The molecule has 0 radical (unpaired) electrons. The zero-order valence-corrected chi connectivity index (χ0v) is 14.8. The molecule has 3 nitrogen and oxygen atoms in total. The Morgan fingerprint density at radius 2 is 1.81 bits per heavy atom. The van der Waals surface area contributed by atoms with E-state index in [-0.39, 0.29) is 11.9 Å². The van der Waals surface area contributed by atoms with Gasteiger partial charge in [-0.15, -0.1) is 0 Å². The second-order valence-electron chi connectivity index (χ2n) is 6.81. The van der Waals surface area contributed by atoms with Gasteiger partial charge in [0, 0.05) is 17.8 Å². The molecule has 1 aliphatic heterocycles. The molecule has 138 valence electrons. The lowest BCUT2D eigenvalue weighted by Gasteiger charge is -2.26. The molecule has 2 aromatic rings. The van der Waals surface area contributed by atoms with Crippen molar-refractivity contribution in [3.8, 4) is 0 Å². The molecule has 6 heteroatoms. The molecule has 0 saturated carbocycles. The van der Waals surface area contributed by atoms with Crippen LogP contribution in [0.2, 0.25) is 0 Å². The van der Waals surface area contributed by atoms with Gasteiger partial charge in [0.15, 0.2) is 6.04 Å². The average Bonchev–Trinajstić information content (AvgIpc) is 3.04. The third-order valence-corrected chi connectivity index (χ3v) is 5.03. The molecule has 1 unspecified atom stereocenters. The molecule has 1 heterocycles. The predicted octanol–water partition coefficient (Wildman–Crippen LogP) is 2.70. The summed E-state index contributed by atoms with van der Waals surface area (Å²) in [5.41, 5.74) is 2.26. The highest BCUT2D eigenvalue weighted by atomic mass is 19.4. The number of alkyl halides is 3. The van der Waals surface area contributed by atoms with Gasteiger partial charge < -0.3 is 9.80 Å². The maximum absolute atomic E-state index is 12.9. The molecular weight excluding hydrogens is 341 g/mol. The van der Waals surface area contributed by atoms with Gasteiger partial charge >= 0.3 is 6.18 Å². The highest BCUT2D eigenvalue weighted by Gasteiger charge is 2.32. The number of fused-ring (bicyclic) bond motifs is 1.